The smallest absolute Gasteiger partial charge is 0.242 e. The Morgan fingerprint density at radius 1 is 0.812 bits per heavy atom. The monoisotopic (exact) mass is 228 g/mol. The van der Waals surface area contributed by atoms with Crippen LogP contribution in [0.25, 0.3) is 0 Å². The fraction of sp³-hybridized carbons (Fsp3) is 0. The van der Waals surface area contributed by atoms with Gasteiger partial charge in [-0.3, -0.25) is 0 Å². The highest BCUT2D eigenvalue weighted by Crippen LogP contribution is 2.07. The van der Waals surface area contributed by atoms with Crippen LogP contribution in [0.15, 0.2) is 44.3 Å². The first-order valence-electron chi connectivity index (χ1n) is 4.25. The van der Waals surface area contributed by atoms with Crippen molar-refractivity contribution in [2.24, 2.45) is 14.0 Å². The highest BCUT2D eigenvalue weighted by atomic mass is 28.4. The quantitative estimate of drug-likeness (QED) is 0.506. The molecule has 0 atom stereocenters. The largest absolute Gasteiger partial charge is 0.497 e. The maximum Gasteiger partial charge on any atom is 0.497 e. The molecule has 0 radical (unpaired) electrons. The summed E-state index contributed by atoms with van der Waals surface area (Å²) in [5, 5.41) is 21.3. The summed E-state index contributed by atoms with van der Waals surface area (Å²) in [5.41, 5.74) is 0. The molecule has 0 saturated heterocycles. The van der Waals surface area contributed by atoms with Crippen molar-refractivity contribution in [2.45, 2.75) is 0 Å². The third kappa shape index (κ3) is 2.33. The average Bonchev–Trinajstić information content (AvgIpc) is 2.31. The summed E-state index contributed by atoms with van der Waals surface area (Å²) >= 11 is 0. The molecule has 0 aliphatic carbocycles. The zero-order valence-electron chi connectivity index (χ0n) is 8.23. The molecule has 0 heterocycles. The van der Waals surface area contributed by atoms with E-state index in [1.54, 1.807) is 24.3 Å². The summed E-state index contributed by atoms with van der Waals surface area (Å²) in [5.74, 6) is 0. The van der Waals surface area contributed by atoms with E-state index in [-0.39, 0.29) is 0 Å². The fourth-order valence-corrected chi connectivity index (χ4v) is 2.81. The number of benzene rings is 1. The van der Waals surface area contributed by atoms with Crippen LogP contribution in [0, 0.1) is 16.2 Å². The zero-order valence-corrected chi connectivity index (χ0v) is 9.23. The summed E-state index contributed by atoms with van der Waals surface area (Å²) in [4.78, 5) is 0. The van der Waals surface area contributed by atoms with Gasteiger partial charge in [0.2, 0.25) is 0 Å². The molecule has 3 N–H and O–H groups in total. The molecule has 1 aromatic carbocycles. The Balaban J connectivity index is 3.49. The Hall–Kier alpha value is -2.42. The summed E-state index contributed by atoms with van der Waals surface area (Å²) < 4.78 is 11.3. The molecule has 0 aliphatic rings. The van der Waals surface area contributed by atoms with Crippen LogP contribution < -0.4 is 5.19 Å². The van der Waals surface area contributed by atoms with Gasteiger partial charge < -0.3 is 0 Å². The predicted molar refractivity (Wildman–Crippen MR) is 62.3 cm³/mol. The van der Waals surface area contributed by atoms with E-state index in [4.69, 9.17) is 16.2 Å². The fourth-order valence-electron chi connectivity index (χ4n) is 1.16. The van der Waals surface area contributed by atoms with E-state index in [1.165, 1.54) is 0 Å². The van der Waals surface area contributed by atoms with E-state index in [9.17, 15) is 0 Å². The SMILES string of the molecule is N=C=N[Si](N=C=N)(N=C=N)c1ccccc1. The van der Waals surface area contributed by atoms with Crippen LogP contribution in [0.1, 0.15) is 0 Å². The van der Waals surface area contributed by atoms with Crippen molar-refractivity contribution >= 4 is 31.8 Å². The molecule has 6 nitrogen and oxygen atoms in total. The van der Waals surface area contributed by atoms with Crippen LogP contribution in [0.5, 0.6) is 0 Å². The minimum absolute atomic E-state index is 0.647. The highest BCUT2D eigenvalue weighted by Gasteiger charge is 2.37. The molecule has 0 aliphatic heterocycles. The zero-order chi connectivity index (χ0) is 11.9. The van der Waals surface area contributed by atoms with Crippen LogP contribution in [0.2, 0.25) is 0 Å². The molecule has 0 spiro atoms. The molecule has 78 valence electrons. The van der Waals surface area contributed by atoms with Crippen LogP contribution in [0.3, 0.4) is 0 Å². The topological polar surface area (TPSA) is 109 Å². The van der Waals surface area contributed by atoms with E-state index >= 15 is 0 Å². The normalized spacial score (nSPS) is 12.2. The Labute approximate surface area is 92.9 Å². The molecule has 16 heavy (non-hydrogen) atoms. The van der Waals surface area contributed by atoms with Gasteiger partial charge in [0.15, 0.2) is 0 Å². The van der Waals surface area contributed by atoms with Gasteiger partial charge in [0, 0.05) is 5.19 Å². The molecule has 0 aromatic heterocycles. The molecule has 0 unspecified atom stereocenters. The van der Waals surface area contributed by atoms with E-state index in [1.807, 2.05) is 24.1 Å². The molecule has 1 aromatic rings. The van der Waals surface area contributed by atoms with Crippen molar-refractivity contribution < 1.29 is 0 Å². The molecule has 0 saturated carbocycles. The van der Waals surface area contributed by atoms with Gasteiger partial charge in [-0.05, 0) is 0 Å². The van der Waals surface area contributed by atoms with Gasteiger partial charge in [-0.15, -0.1) is 0 Å². The first kappa shape index (κ1) is 11.7. The van der Waals surface area contributed by atoms with Crippen molar-refractivity contribution in [1.82, 2.24) is 0 Å². The standard InChI is InChI=1S/C9H8N6Si/c10-6-13-16(14-7-11,15-8-12)9-4-2-1-3-5-9/h1-5,10-12H. The second kappa shape index (κ2) is 5.46. The lowest BCUT2D eigenvalue weighted by Crippen LogP contribution is -2.43. The third-order valence-corrected chi connectivity index (χ3v) is 4.18. The molecular weight excluding hydrogens is 220 g/mol. The lowest BCUT2D eigenvalue weighted by Gasteiger charge is -2.11. The molecular formula is C9H8N6Si. The Kier molecular flexibility index (Phi) is 3.97. The predicted octanol–water partition coefficient (Wildman–Crippen LogP) is 1.09. The first-order valence-corrected chi connectivity index (χ1v) is 6.09. The molecule has 0 amide bonds. The number of nitrogens with zero attached hydrogens (tertiary/aromatic N) is 3. The highest BCUT2D eigenvalue weighted by molar-refractivity contribution is 6.89. The third-order valence-electron chi connectivity index (χ3n) is 1.80. The van der Waals surface area contributed by atoms with E-state index in [0.717, 1.165) is 0 Å². The van der Waals surface area contributed by atoms with E-state index in [2.05, 4.69) is 14.0 Å². The summed E-state index contributed by atoms with van der Waals surface area (Å²) in [7, 11) is -3.19. The number of hydrogen-bond acceptors (Lipinski definition) is 6. The van der Waals surface area contributed by atoms with Crippen molar-refractivity contribution in [3.05, 3.63) is 30.3 Å². The second-order valence-electron chi connectivity index (χ2n) is 2.67. The van der Waals surface area contributed by atoms with Gasteiger partial charge in [0.25, 0.3) is 0 Å². The van der Waals surface area contributed by atoms with Crippen LogP contribution in [0.4, 0.5) is 0 Å². The van der Waals surface area contributed by atoms with Gasteiger partial charge in [0.1, 0.15) is 0 Å². The van der Waals surface area contributed by atoms with Crippen LogP contribution in [-0.2, 0) is 0 Å². The summed E-state index contributed by atoms with van der Waals surface area (Å²) in [6, 6.07) is 14.5. The van der Waals surface area contributed by atoms with Crippen LogP contribution in [-0.4, -0.2) is 26.6 Å². The second-order valence-corrected chi connectivity index (χ2v) is 5.19. The lowest BCUT2D eigenvalue weighted by molar-refractivity contribution is 1.41. The van der Waals surface area contributed by atoms with E-state index < -0.39 is 8.56 Å². The molecule has 1 rings (SSSR count). The number of nitrogens with one attached hydrogen (secondary N) is 3. The first-order chi connectivity index (χ1) is 7.79. The minimum atomic E-state index is -3.19. The number of rotatable bonds is 4. The number of hydrogen-bond donors (Lipinski definition) is 3. The Bertz CT molecular complexity index is 461. The lowest BCUT2D eigenvalue weighted by atomic mass is 10.4. The van der Waals surface area contributed by atoms with Gasteiger partial charge in [0.05, 0.1) is 18.0 Å². The van der Waals surface area contributed by atoms with Gasteiger partial charge in [-0.25, -0.2) is 30.2 Å². The van der Waals surface area contributed by atoms with Crippen molar-refractivity contribution in [3.8, 4) is 0 Å². The van der Waals surface area contributed by atoms with E-state index in [0.29, 0.717) is 5.19 Å². The van der Waals surface area contributed by atoms with Crippen molar-refractivity contribution in [1.29, 1.82) is 16.2 Å². The summed E-state index contributed by atoms with van der Waals surface area (Å²) in [6.45, 7) is 0. The Morgan fingerprint density at radius 3 is 1.62 bits per heavy atom. The maximum absolute atomic E-state index is 6.88. The summed E-state index contributed by atoms with van der Waals surface area (Å²) in [6.07, 6.45) is 0. The van der Waals surface area contributed by atoms with Crippen LogP contribution >= 0.6 is 0 Å². The van der Waals surface area contributed by atoms with Gasteiger partial charge in [-0.1, -0.05) is 30.3 Å². The van der Waals surface area contributed by atoms with Crippen molar-refractivity contribution in [2.75, 3.05) is 0 Å². The average molecular weight is 228 g/mol. The van der Waals surface area contributed by atoms with Crippen molar-refractivity contribution in [3.63, 3.8) is 0 Å². The minimum Gasteiger partial charge on any atom is -0.242 e. The molecule has 0 fully saturated rings. The Morgan fingerprint density at radius 2 is 1.25 bits per heavy atom. The molecule has 7 heteroatoms. The maximum atomic E-state index is 6.88. The molecule has 0 bridgehead atoms. The van der Waals surface area contributed by atoms with Gasteiger partial charge in [-0.2, -0.15) is 0 Å². The van der Waals surface area contributed by atoms with Gasteiger partial charge >= 0.3 is 8.56 Å².